The predicted octanol–water partition coefficient (Wildman–Crippen LogP) is 2.84. The van der Waals surface area contributed by atoms with Crippen LogP contribution in [0, 0.1) is 11.3 Å². The van der Waals surface area contributed by atoms with Crippen molar-refractivity contribution in [2.75, 3.05) is 32.8 Å². The molecule has 5 nitrogen and oxygen atoms in total. The van der Waals surface area contributed by atoms with E-state index in [2.05, 4.69) is 26.1 Å². The normalized spacial score (nSPS) is 11.1. The molecule has 0 spiro atoms. The van der Waals surface area contributed by atoms with Gasteiger partial charge in [-0.3, -0.25) is 4.79 Å². The zero-order chi connectivity index (χ0) is 16.6. The number of nitrogens with zero attached hydrogens (tertiary/aromatic N) is 2. The Morgan fingerprint density at radius 3 is 2.32 bits per heavy atom. The smallest absolute Gasteiger partial charge is 0.263 e. The third-order valence-electron chi connectivity index (χ3n) is 3.09. The Balaban J connectivity index is 4.15. The molecule has 0 aliphatic carbocycles. The van der Waals surface area contributed by atoms with Crippen LogP contribution in [-0.4, -0.2) is 43.7 Å². The van der Waals surface area contributed by atoms with Crippen LogP contribution in [0.1, 0.15) is 52.9 Å². The molecule has 0 aromatic heterocycles. The molecule has 0 saturated heterocycles. The summed E-state index contributed by atoms with van der Waals surface area (Å²) in [7, 11) is 0. The summed E-state index contributed by atoms with van der Waals surface area (Å²) < 4.78 is 5.43. The second kappa shape index (κ2) is 14.4. The molecule has 0 heterocycles. The molecule has 0 aliphatic rings. The van der Waals surface area contributed by atoms with Gasteiger partial charge in [-0.15, -0.1) is 0 Å². The number of hydrogen-bond acceptors (Lipinski definition) is 4. The Labute approximate surface area is 135 Å². The first-order chi connectivity index (χ1) is 10.7. The van der Waals surface area contributed by atoms with Crippen LogP contribution in [0.3, 0.4) is 0 Å². The summed E-state index contributed by atoms with van der Waals surface area (Å²) in [5.74, 6) is -0.298. The lowest BCUT2D eigenvalue weighted by Crippen LogP contribution is -2.28. The van der Waals surface area contributed by atoms with Crippen LogP contribution < -0.4 is 5.32 Å². The molecule has 1 N–H and O–H groups in total. The molecular weight excluding hydrogens is 278 g/mol. The van der Waals surface area contributed by atoms with Crippen LogP contribution in [0.15, 0.2) is 11.8 Å². The second-order valence-electron chi connectivity index (χ2n) is 5.27. The predicted molar refractivity (Wildman–Crippen MR) is 89.2 cm³/mol. The van der Waals surface area contributed by atoms with Crippen LogP contribution in [0.2, 0.25) is 0 Å². The van der Waals surface area contributed by atoms with E-state index >= 15 is 0 Å². The summed E-state index contributed by atoms with van der Waals surface area (Å²) >= 11 is 0. The maximum Gasteiger partial charge on any atom is 0.263 e. The first kappa shape index (κ1) is 20.5. The molecule has 5 heteroatoms. The molecule has 22 heavy (non-hydrogen) atoms. The first-order valence-corrected chi connectivity index (χ1v) is 8.41. The van der Waals surface area contributed by atoms with Gasteiger partial charge in [0, 0.05) is 39.0 Å². The van der Waals surface area contributed by atoms with Crippen LogP contribution in [0.5, 0.6) is 0 Å². The molecule has 0 aromatic carbocycles. The van der Waals surface area contributed by atoms with Crippen LogP contribution in [-0.2, 0) is 9.53 Å². The largest absolute Gasteiger partial charge is 0.381 e. The van der Waals surface area contributed by atoms with Crippen molar-refractivity contribution in [3.05, 3.63) is 11.8 Å². The summed E-state index contributed by atoms with van der Waals surface area (Å²) in [5, 5.41) is 11.9. The van der Waals surface area contributed by atoms with Gasteiger partial charge in [-0.2, -0.15) is 5.26 Å². The van der Waals surface area contributed by atoms with Crippen molar-refractivity contribution in [1.29, 1.82) is 5.26 Å². The van der Waals surface area contributed by atoms with Crippen molar-refractivity contribution in [3.8, 4) is 6.07 Å². The maximum absolute atomic E-state index is 12.0. The highest BCUT2D eigenvalue weighted by Gasteiger charge is 2.10. The van der Waals surface area contributed by atoms with Crippen molar-refractivity contribution in [2.45, 2.75) is 52.9 Å². The molecule has 0 unspecified atom stereocenters. The van der Waals surface area contributed by atoms with Crippen LogP contribution >= 0.6 is 0 Å². The number of ether oxygens (including phenoxy) is 1. The zero-order valence-corrected chi connectivity index (χ0v) is 14.4. The number of unbranched alkanes of at least 4 members (excludes halogenated alkanes) is 1. The number of nitriles is 1. The van der Waals surface area contributed by atoms with Gasteiger partial charge in [0.1, 0.15) is 11.6 Å². The Bertz CT molecular complexity index is 355. The highest BCUT2D eigenvalue weighted by molar-refractivity contribution is 5.97. The number of hydrogen-bond donors (Lipinski definition) is 1. The fraction of sp³-hybridized carbons (Fsp3) is 0.765. The highest BCUT2D eigenvalue weighted by Crippen LogP contribution is 2.01. The van der Waals surface area contributed by atoms with Gasteiger partial charge in [0.15, 0.2) is 0 Å². The van der Waals surface area contributed by atoms with E-state index in [4.69, 9.17) is 10.00 Å². The number of nitrogens with one attached hydrogen (secondary N) is 1. The molecule has 0 radical (unpaired) electrons. The highest BCUT2D eigenvalue weighted by atomic mass is 16.5. The molecule has 0 atom stereocenters. The molecule has 1 amide bonds. The number of amides is 1. The molecule has 0 rings (SSSR count). The SMILES string of the molecule is CCCCOCCCNC(=O)/C(C#N)=C\N(CCC)CCC. The van der Waals surface area contributed by atoms with Crippen molar-refractivity contribution in [1.82, 2.24) is 10.2 Å². The van der Waals surface area contributed by atoms with Crippen molar-refractivity contribution >= 4 is 5.91 Å². The lowest BCUT2D eigenvalue weighted by molar-refractivity contribution is -0.117. The average molecular weight is 309 g/mol. The Hall–Kier alpha value is -1.54. The zero-order valence-electron chi connectivity index (χ0n) is 14.4. The van der Waals surface area contributed by atoms with Crippen LogP contribution in [0.4, 0.5) is 0 Å². The molecule has 0 aromatic rings. The summed E-state index contributed by atoms with van der Waals surface area (Å²) in [6.07, 6.45) is 6.62. The van der Waals surface area contributed by atoms with Gasteiger partial charge in [0.05, 0.1) is 0 Å². The van der Waals surface area contributed by atoms with Gasteiger partial charge in [0.2, 0.25) is 0 Å². The third kappa shape index (κ3) is 10.2. The standard InChI is InChI=1S/C17H31N3O2/c1-4-7-12-22-13-8-9-19-17(21)16(14-18)15-20(10-5-2)11-6-3/h15H,4-13H2,1-3H3,(H,19,21)/b16-15-. The van der Waals surface area contributed by atoms with E-state index in [-0.39, 0.29) is 11.5 Å². The van der Waals surface area contributed by atoms with Gasteiger partial charge in [-0.1, -0.05) is 27.2 Å². The fourth-order valence-electron chi connectivity index (χ4n) is 1.96. The van der Waals surface area contributed by atoms with E-state index in [0.717, 1.165) is 51.8 Å². The molecule has 0 aliphatic heterocycles. The minimum absolute atomic E-state index is 0.175. The third-order valence-corrected chi connectivity index (χ3v) is 3.09. The van der Waals surface area contributed by atoms with E-state index in [1.165, 1.54) is 0 Å². The molecule has 126 valence electrons. The summed E-state index contributed by atoms with van der Waals surface area (Å²) in [4.78, 5) is 14.0. The minimum atomic E-state index is -0.298. The van der Waals surface area contributed by atoms with Crippen LogP contribution in [0.25, 0.3) is 0 Å². The molecular formula is C17H31N3O2. The monoisotopic (exact) mass is 309 g/mol. The van der Waals surface area contributed by atoms with Gasteiger partial charge >= 0.3 is 0 Å². The second-order valence-corrected chi connectivity index (χ2v) is 5.27. The number of carbonyl (C=O) groups is 1. The lowest BCUT2D eigenvalue weighted by atomic mass is 10.2. The average Bonchev–Trinajstić information content (AvgIpc) is 2.51. The Kier molecular flexibility index (Phi) is 13.4. The van der Waals surface area contributed by atoms with Gasteiger partial charge in [0.25, 0.3) is 5.91 Å². The van der Waals surface area contributed by atoms with E-state index < -0.39 is 0 Å². The van der Waals surface area contributed by atoms with E-state index in [9.17, 15) is 4.79 Å². The summed E-state index contributed by atoms with van der Waals surface area (Å²) in [6, 6.07) is 1.99. The quantitative estimate of drug-likeness (QED) is 0.323. The van der Waals surface area contributed by atoms with E-state index in [0.29, 0.717) is 13.2 Å². The van der Waals surface area contributed by atoms with Gasteiger partial charge in [-0.25, -0.2) is 0 Å². The van der Waals surface area contributed by atoms with Gasteiger partial charge in [-0.05, 0) is 25.7 Å². The Morgan fingerprint density at radius 2 is 1.77 bits per heavy atom. The van der Waals surface area contributed by atoms with Crippen molar-refractivity contribution in [2.24, 2.45) is 0 Å². The number of carbonyl (C=O) groups excluding carboxylic acids is 1. The summed E-state index contributed by atoms with van der Waals surface area (Å²) in [6.45, 7) is 9.96. The Morgan fingerprint density at radius 1 is 1.14 bits per heavy atom. The van der Waals surface area contributed by atoms with Crippen molar-refractivity contribution in [3.63, 3.8) is 0 Å². The first-order valence-electron chi connectivity index (χ1n) is 8.41. The summed E-state index contributed by atoms with van der Waals surface area (Å²) in [5.41, 5.74) is 0.175. The van der Waals surface area contributed by atoms with Crippen molar-refractivity contribution < 1.29 is 9.53 Å². The molecule has 0 bridgehead atoms. The lowest BCUT2D eigenvalue weighted by Gasteiger charge is -2.19. The maximum atomic E-state index is 12.0. The van der Waals surface area contributed by atoms with E-state index in [1.54, 1.807) is 6.20 Å². The molecule has 0 saturated carbocycles. The number of rotatable bonds is 13. The van der Waals surface area contributed by atoms with Gasteiger partial charge < -0.3 is 15.0 Å². The fourth-order valence-corrected chi connectivity index (χ4v) is 1.96. The topological polar surface area (TPSA) is 65.4 Å². The molecule has 0 fully saturated rings. The minimum Gasteiger partial charge on any atom is -0.381 e. The van der Waals surface area contributed by atoms with E-state index in [1.807, 2.05) is 11.0 Å².